The minimum Gasteiger partial charge on any atom is -0.328 e. The van der Waals surface area contributed by atoms with E-state index in [0.29, 0.717) is 6.54 Å². The molecule has 0 aromatic carbocycles. The molecule has 0 saturated carbocycles. The zero-order chi connectivity index (χ0) is 10.2. The molecule has 78 valence electrons. The summed E-state index contributed by atoms with van der Waals surface area (Å²) in [6, 6.07) is 0. The van der Waals surface area contributed by atoms with Crippen LogP contribution in [0.1, 0.15) is 38.1 Å². The van der Waals surface area contributed by atoms with E-state index in [0.717, 1.165) is 6.42 Å². The first-order valence-electron chi connectivity index (χ1n) is 5.41. The molecule has 3 heteroatoms. The fourth-order valence-corrected chi connectivity index (χ4v) is 2.09. The summed E-state index contributed by atoms with van der Waals surface area (Å²) in [7, 11) is 0. The zero-order valence-electron chi connectivity index (χ0n) is 9.08. The Hall–Kier alpha value is -0.830. The van der Waals surface area contributed by atoms with E-state index < -0.39 is 0 Å². The average molecular weight is 193 g/mol. The molecule has 2 N–H and O–H groups in total. The van der Waals surface area contributed by atoms with Crippen LogP contribution in [0.3, 0.4) is 0 Å². The molecule has 0 radical (unpaired) electrons. The van der Waals surface area contributed by atoms with Gasteiger partial charge in [0.1, 0.15) is 0 Å². The van der Waals surface area contributed by atoms with Crippen LogP contribution in [-0.4, -0.2) is 16.1 Å². The molecule has 1 heterocycles. The number of nitrogens with zero attached hydrogens (tertiary/aromatic N) is 2. The van der Waals surface area contributed by atoms with Crippen molar-refractivity contribution in [2.45, 2.75) is 45.1 Å². The fourth-order valence-electron chi connectivity index (χ4n) is 2.09. The van der Waals surface area contributed by atoms with Gasteiger partial charge >= 0.3 is 0 Å². The van der Waals surface area contributed by atoms with E-state index in [1.165, 1.54) is 30.7 Å². The van der Waals surface area contributed by atoms with Crippen LogP contribution in [0.2, 0.25) is 0 Å². The molecular formula is C11H19N3. The number of imidazole rings is 1. The molecule has 0 spiro atoms. The second-order valence-corrected chi connectivity index (χ2v) is 4.73. The summed E-state index contributed by atoms with van der Waals surface area (Å²) in [6.45, 7) is 5.00. The van der Waals surface area contributed by atoms with Gasteiger partial charge in [-0.05, 0) is 39.5 Å². The standard InChI is InChI=1S/C11H19N3/c1-11(2,7-12)14-8-13-9-5-3-4-6-10(9)14/h8H,3-7,12H2,1-2H3. The molecule has 0 amide bonds. The van der Waals surface area contributed by atoms with Crippen LogP contribution in [0.5, 0.6) is 0 Å². The number of rotatable bonds is 2. The van der Waals surface area contributed by atoms with E-state index in [-0.39, 0.29) is 5.54 Å². The molecule has 0 aliphatic heterocycles. The topological polar surface area (TPSA) is 43.8 Å². The minimum absolute atomic E-state index is 0.0118. The molecule has 1 aromatic heterocycles. The van der Waals surface area contributed by atoms with Gasteiger partial charge in [0.25, 0.3) is 0 Å². The molecule has 0 unspecified atom stereocenters. The maximum absolute atomic E-state index is 5.78. The molecule has 0 fully saturated rings. The Morgan fingerprint density at radius 2 is 2.14 bits per heavy atom. The quantitative estimate of drug-likeness (QED) is 0.772. The van der Waals surface area contributed by atoms with Crippen LogP contribution in [0, 0.1) is 0 Å². The van der Waals surface area contributed by atoms with E-state index in [1.54, 1.807) is 0 Å². The lowest BCUT2D eigenvalue weighted by Gasteiger charge is -2.28. The molecule has 3 nitrogen and oxygen atoms in total. The fraction of sp³-hybridized carbons (Fsp3) is 0.727. The van der Waals surface area contributed by atoms with Crippen molar-refractivity contribution in [3.05, 3.63) is 17.7 Å². The third kappa shape index (κ3) is 1.46. The Labute approximate surface area is 85.3 Å². The summed E-state index contributed by atoms with van der Waals surface area (Å²) in [5, 5.41) is 0. The summed E-state index contributed by atoms with van der Waals surface area (Å²) in [6.07, 6.45) is 6.84. The summed E-state index contributed by atoms with van der Waals surface area (Å²) in [5.74, 6) is 0. The van der Waals surface area contributed by atoms with Gasteiger partial charge in [-0.1, -0.05) is 0 Å². The van der Waals surface area contributed by atoms with Gasteiger partial charge < -0.3 is 10.3 Å². The van der Waals surface area contributed by atoms with Crippen molar-refractivity contribution in [1.29, 1.82) is 0 Å². The Morgan fingerprint density at radius 3 is 2.86 bits per heavy atom. The highest BCUT2D eigenvalue weighted by Crippen LogP contribution is 2.25. The van der Waals surface area contributed by atoms with Crippen molar-refractivity contribution in [2.24, 2.45) is 5.73 Å². The highest BCUT2D eigenvalue weighted by atomic mass is 15.1. The highest BCUT2D eigenvalue weighted by Gasteiger charge is 2.24. The van der Waals surface area contributed by atoms with Crippen molar-refractivity contribution < 1.29 is 0 Å². The number of aryl methyl sites for hydroxylation is 1. The molecule has 0 saturated heterocycles. The van der Waals surface area contributed by atoms with E-state index in [4.69, 9.17) is 5.73 Å². The smallest absolute Gasteiger partial charge is 0.0957 e. The van der Waals surface area contributed by atoms with Crippen LogP contribution in [0.15, 0.2) is 6.33 Å². The summed E-state index contributed by atoms with van der Waals surface area (Å²) in [5.41, 5.74) is 8.49. The Balaban J connectivity index is 2.39. The van der Waals surface area contributed by atoms with E-state index in [2.05, 4.69) is 23.4 Å². The number of fused-ring (bicyclic) bond motifs is 1. The predicted molar refractivity (Wildman–Crippen MR) is 57.2 cm³/mol. The lowest BCUT2D eigenvalue weighted by Crippen LogP contribution is -2.36. The highest BCUT2D eigenvalue weighted by molar-refractivity contribution is 5.18. The first-order chi connectivity index (χ1) is 6.65. The van der Waals surface area contributed by atoms with Gasteiger partial charge in [0.05, 0.1) is 17.6 Å². The summed E-state index contributed by atoms with van der Waals surface area (Å²) < 4.78 is 2.27. The normalized spacial score (nSPS) is 16.8. The molecule has 2 rings (SSSR count). The molecule has 0 bridgehead atoms. The molecule has 0 atom stereocenters. The van der Waals surface area contributed by atoms with Crippen molar-refractivity contribution >= 4 is 0 Å². The van der Waals surface area contributed by atoms with Gasteiger partial charge in [0.2, 0.25) is 0 Å². The van der Waals surface area contributed by atoms with Crippen molar-refractivity contribution in [3.8, 4) is 0 Å². The van der Waals surface area contributed by atoms with Gasteiger partial charge in [-0.25, -0.2) is 4.98 Å². The SMILES string of the molecule is CC(C)(CN)n1cnc2c1CCCC2. The number of aromatic nitrogens is 2. The summed E-state index contributed by atoms with van der Waals surface area (Å²) in [4.78, 5) is 4.48. The maximum atomic E-state index is 5.78. The van der Waals surface area contributed by atoms with E-state index in [9.17, 15) is 0 Å². The first-order valence-corrected chi connectivity index (χ1v) is 5.41. The van der Waals surface area contributed by atoms with Crippen LogP contribution >= 0.6 is 0 Å². The number of nitrogens with two attached hydrogens (primary N) is 1. The van der Waals surface area contributed by atoms with Crippen molar-refractivity contribution in [2.75, 3.05) is 6.54 Å². The van der Waals surface area contributed by atoms with Gasteiger partial charge in [0, 0.05) is 12.2 Å². The van der Waals surface area contributed by atoms with Gasteiger partial charge in [-0.15, -0.1) is 0 Å². The largest absolute Gasteiger partial charge is 0.328 e. The monoisotopic (exact) mass is 193 g/mol. The van der Waals surface area contributed by atoms with Crippen LogP contribution in [-0.2, 0) is 18.4 Å². The minimum atomic E-state index is 0.0118. The number of hydrogen-bond donors (Lipinski definition) is 1. The lowest BCUT2D eigenvalue weighted by atomic mass is 9.98. The van der Waals surface area contributed by atoms with Gasteiger partial charge in [-0.3, -0.25) is 0 Å². The van der Waals surface area contributed by atoms with Gasteiger partial charge in [0.15, 0.2) is 0 Å². The molecule has 1 aliphatic carbocycles. The van der Waals surface area contributed by atoms with Crippen LogP contribution < -0.4 is 5.73 Å². The van der Waals surface area contributed by atoms with Crippen LogP contribution in [0.25, 0.3) is 0 Å². The first kappa shape index (κ1) is 9.71. The molecular weight excluding hydrogens is 174 g/mol. The molecule has 1 aliphatic rings. The van der Waals surface area contributed by atoms with E-state index in [1.807, 2.05) is 6.33 Å². The second-order valence-electron chi connectivity index (χ2n) is 4.73. The molecule has 1 aromatic rings. The number of hydrogen-bond acceptors (Lipinski definition) is 2. The third-order valence-corrected chi connectivity index (χ3v) is 3.18. The third-order valence-electron chi connectivity index (χ3n) is 3.18. The Kier molecular flexibility index (Phi) is 2.35. The lowest BCUT2D eigenvalue weighted by molar-refractivity contribution is 0.352. The van der Waals surface area contributed by atoms with Crippen molar-refractivity contribution in [3.63, 3.8) is 0 Å². The van der Waals surface area contributed by atoms with Crippen molar-refractivity contribution in [1.82, 2.24) is 9.55 Å². The van der Waals surface area contributed by atoms with E-state index >= 15 is 0 Å². The molecule has 14 heavy (non-hydrogen) atoms. The van der Waals surface area contributed by atoms with Crippen LogP contribution in [0.4, 0.5) is 0 Å². The van der Waals surface area contributed by atoms with Gasteiger partial charge in [-0.2, -0.15) is 0 Å². The predicted octanol–water partition coefficient (Wildman–Crippen LogP) is 1.46. The Bertz CT molecular complexity index is 325. The zero-order valence-corrected chi connectivity index (χ0v) is 9.08. The second kappa shape index (κ2) is 3.39. The summed E-state index contributed by atoms with van der Waals surface area (Å²) >= 11 is 0. The Morgan fingerprint density at radius 1 is 1.43 bits per heavy atom. The average Bonchev–Trinajstić information content (AvgIpc) is 2.61. The maximum Gasteiger partial charge on any atom is 0.0957 e.